The van der Waals surface area contributed by atoms with E-state index in [-0.39, 0.29) is 5.91 Å². The van der Waals surface area contributed by atoms with Crippen molar-refractivity contribution in [1.82, 2.24) is 10.6 Å². The molecule has 1 aromatic rings. The molecule has 8 heteroatoms. The zero-order chi connectivity index (χ0) is 19.5. The molecule has 0 aliphatic rings. The Hall–Kier alpha value is -3.03. The minimum atomic E-state index is -0.708. The van der Waals surface area contributed by atoms with Crippen LogP contribution >= 0.6 is 0 Å². The van der Waals surface area contributed by atoms with Gasteiger partial charge in [-0.2, -0.15) is 0 Å². The van der Waals surface area contributed by atoms with Crippen molar-refractivity contribution in [2.24, 2.45) is 0 Å². The summed E-state index contributed by atoms with van der Waals surface area (Å²) in [7, 11) is 3.05. The number of carbonyl (C=O) groups is 3. The molecular formula is C18H24N2O6. The number of nitrogens with one attached hydrogen (secondary N) is 2. The van der Waals surface area contributed by atoms with E-state index >= 15 is 0 Å². The van der Waals surface area contributed by atoms with Gasteiger partial charge in [-0.1, -0.05) is 0 Å². The van der Waals surface area contributed by atoms with E-state index in [1.54, 1.807) is 39.2 Å². The first-order chi connectivity index (χ1) is 12.4. The number of methoxy groups -OCH3 is 2. The second-order valence-electron chi connectivity index (χ2n) is 5.23. The van der Waals surface area contributed by atoms with Gasteiger partial charge in [0.25, 0.3) is 5.91 Å². The molecule has 8 nitrogen and oxygen atoms in total. The fourth-order valence-electron chi connectivity index (χ4n) is 1.97. The predicted molar refractivity (Wildman–Crippen MR) is 95.8 cm³/mol. The topological polar surface area (TPSA) is 103 Å². The molecule has 2 amide bonds. The first-order valence-electron chi connectivity index (χ1n) is 8.05. The Kier molecular flexibility index (Phi) is 8.69. The molecule has 0 fully saturated rings. The van der Waals surface area contributed by atoms with E-state index < -0.39 is 24.5 Å². The van der Waals surface area contributed by atoms with Gasteiger partial charge in [0.15, 0.2) is 6.61 Å². The van der Waals surface area contributed by atoms with E-state index in [2.05, 4.69) is 10.6 Å². The smallest absolute Gasteiger partial charge is 0.331 e. The Labute approximate surface area is 152 Å². The number of amides is 2. The van der Waals surface area contributed by atoms with Gasteiger partial charge >= 0.3 is 5.97 Å². The highest BCUT2D eigenvalue weighted by atomic mass is 16.5. The Morgan fingerprint density at radius 3 is 2.54 bits per heavy atom. The molecule has 26 heavy (non-hydrogen) atoms. The summed E-state index contributed by atoms with van der Waals surface area (Å²) in [6.45, 7) is 3.30. The number of ether oxygens (including phenoxy) is 3. The fourth-order valence-corrected chi connectivity index (χ4v) is 1.97. The first-order valence-corrected chi connectivity index (χ1v) is 8.05. The van der Waals surface area contributed by atoms with Crippen LogP contribution < -0.4 is 20.1 Å². The van der Waals surface area contributed by atoms with Crippen LogP contribution in [-0.4, -0.2) is 51.2 Å². The summed E-state index contributed by atoms with van der Waals surface area (Å²) in [6.07, 6.45) is 2.70. The average Bonchev–Trinajstić information content (AvgIpc) is 2.64. The van der Waals surface area contributed by atoms with Gasteiger partial charge in [0.1, 0.15) is 17.5 Å². The van der Waals surface area contributed by atoms with E-state index in [1.165, 1.54) is 19.3 Å². The lowest BCUT2D eigenvalue weighted by atomic mass is 10.2. The third-order valence-electron chi connectivity index (χ3n) is 3.31. The monoisotopic (exact) mass is 364 g/mol. The van der Waals surface area contributed by atoms with Crippen LogP contribution in [0.5, 0.6) is 11.5 Å². The number of hydrogen-bond acceptors (Lipinski definition) is 6. The number of rotatable bonds is 9. The first kappa shape index (κ1) is 21.0. The Bertz CT molecular complexity index is 672. The normalized spacial score (nSPS) is 11.5. The van der Waals surface area contributed by atoms with E-state index in [9.17, 15) is 14.4 Å². The third-order valence-corrected chi connectivity index (χ3v) is 3.31. The van der Waals surface area contributed by atoms with Crippen molar-refractivity contribution in [2.75, 3.05) is 27.4 Å². The molecule has 0 radical (unpaired) electrons. The molecule has 142 valence electrons. The maximum atomic E-state index is 11.7. The van der Waals surface area contributed by atoms with Crippen LogP contribution in [0.3, 0.4) is 0 Å². The van der Waals surface area contributed by atoms with Crippen LogP contribution in [0.15, 0.2) is 24.3 Å². The Morgan fingerprint density at radius 1 is 1.19 bits per heavy atom. The van der Waals surface area contributed by atoms with E-state index in [0.29, 0.717) is 23.6 Å². The summed E-state index contributed by atoms with van der Waals surface area (Å²) < 4.78 is 15.2. The summed E-state index contributed by atoms with van der Waals surface area (Å²) >= 11 is 0. The zero-order valence-electron chi connectivity index (χ0n) is 15.3. The van der Waals surface area contributed by atoms with Gasteiger partial charge in [0.2, 0.25) is 5.91 Å². The molecule has 0 saturated carbocycles. The van der Waals surface area contributed by atoms with Gasteiger partial charge in [-0.3, -0.25) is 9.59 Å². The van der Waals surface area contributed by atoms with Crippen molar-refractivity contribution in [2.45, 2.75) is 19.9 Å². The van der Waals surface area contributed by atoms with E-state index in [1.807, 2.05) is 0 Å². The predicted octanol–water partition coefficient (Wildman–Crippen LogP) is 0.901. The number of hydrogen-bond donors (Lipinski definition) is 2. The summed E-state index contributed by atoms with van der Waals surface area (Å²) in [5.41, 5.74) is 0.652. The summed E-state index contributed by atoms with van der Waals surface area (Å²) in [6, 6.07) is 4.42. The fraction of sp³-hybridized carbons (Fsp3) is 0.389. The third kappa shape index (κ3) is 6.84. The molecule has 2 N–H and O–H groups in total. The van der Waals surface area contributed by atoms with Gasteiger partial charge < -0.3 is 24.8 Å². The van der Waals surface area contributed by atoms with Gasteiger partial charge in [0.05, 0.1) is 14.2 Å². The molecule has 0 unspecified atom stereocenters. The van der Waals surface area contributed by atoms with Crippen molar-refractivity contribution in [1.29, 1.82) is 0 Å². The lowest BCUT2D eigenvalue weighted by molar-refractivity contribution is -0.144. The highest BCUT2D eigenvalue weighted by Crippen LogP contribution is 2.25. The van der Waals surface area contributed by atoms with Gasteiger partial charge in [-0.15, -0.1) is 0 Å². The zero-order valence-corrected chi connectivity index (χ0v) is 15.3. The van der Waals surface area contributed by atoms with Crippen LogP contribution in [0.25, 0.3) is 6.08 Å². The summed E-state index contributed by atoms with van der Waals surface area (Å²) in [5.74, 6) is -0.406. The highest BCUT2D eigenvalue weighted by Gasteiger charge is 2.15. The minimum Gasteiger partial charge on any atom is -0.497 e. The molecule has 0 bridgehead atoms. The van der Waals surface area contributed by atoms with Crippen LogP contribution in [-0.2, 0) is 19.1 Å². The number of likely N-dealkylation sites (N-methyl/N-ethyl adjacent to an activating group) is 1. The molecule has 0 aliphatic heterocycles. The van der Waals surface area contributed by atoms with E-state index in [0.717, 1.165) is 0 Å². The van der Waals surface area contributed by atoms with Crippen molar-refractivity contribution in [3.63, 3.8) is 0 Å². The van der Waals surface area contributed by atoms with Crippen molar-refractivity contribution < 1.29 is 28.6 Å². The van der Waals surface area contributed by atoms with Crippen LogP contribution in [0.2, 0.25) is 0 Å². The minimum absolute atomic E-state index is 0.307. The largest absolute Gasteiger partial charge is 0.497 e. The Morgan fingerprint density at radius 2 is 1.92 bits per heavy atom. The molecule has 1 atom stereocenters. The molecule has 0 heterocycles. The van der Waals surface area contributed by atoms with Crippen LogP contribution in [0.4, 0.5) is 0 Å². The average molecular weight is 364 g/mol. The maximum Gasteiger partial charge on any atom is 0.331 e. The lowest BCUT2D eigenvalue weighted by Gasteiger charge is -2.13. The maximum absolute atomic E-state index is 11.7. The number of esters is 1. The molecule has 0 saturated heterocycles. The molecular weight excluding hydrogens is 340 g/mol. The van der Waals surface area contributed by atoms with Crippen LogP contribution in [0, 0.1) is 0 Å². The van der Waals surface area contributed by atoms with E-state index in [4.69, 9.17) is 14.2 Å². The second kappa shape index (κ2) is 10.8. The van der Waals surface area contributed by atoms with Gasteiger partial charge in [0, 0.05) is 24.3 Å². The standard InChI is InChI=1S/C18H24N2O6/c1-5-19-18(23)12(2)20-16(21)11-26-17(22)9-7-13-6-8-14(24-3)10-15(13)25-4/h6-10,12H,5,11H2,1-4H3,(H,19,23)(H,20,21)/b9-7+/t12-/m0/s1. The Balaban J connectivity index is 2.53. The summed E-state index contributed by atoms with van der Waals surface area (Å²) in [4.78, 5) is 34.9. The van der Waals surface area contributed by atoms with Gasteiger partial charge in [-0.25, -0.2) is 4.79 Å². The number of carbonyl (C=O) groups excluding carboxylic acids is 3. The molecule has 0 aliphatic carbocycles. The second-order valence-corrected chi connectivity index (χ2v) is 5.23. The molecule has 0 spiro atoms. The lowest BCUT2D eigenvalue weighted by Crippen LogP contribution is -2.46. The number of benzene rings is 1. The quantitative estimate of drug-likeness (QED) is 0.499. The van der Waals surface area contributed by atoms with Crippen molar-refractivity contribution in [3.05, 3.63) is 29.8 Å². The SMILES string of the molecule is CCNC(=O)[C@H](C)NC(=O)COC(=O)/C=C/c1ccc(OC)cc1OC. The molecule has 1 rings (SSSR count). The highest BCUT2D eigenvalue weighted by molar-refractivity contribution is 5.91. The molecule has 0 aromatic heterocycles. The molecule has 1 aromatic carbocycles. The summed E-state index contributed by atoms with van der Waals surface area (Å²) in [5, 5.41) is 5.02. The van der Waals surface area contributed by atoms with Crippen molar-refractivity contribution >= 4 is 23.9 Å². The van der Waals surface area contributed by atoms with Crippen LogP contribution in [0.1, 0.15) is 19.4 Å². The van der Waals surface area contributed by atoms with Crippen molar-refractivity contribution in [3.8, 4) is 11.5 Å². The van der Waals surface area contributed by atoms with Gasteiger partial charge in [-0.05, 0) is 32.1 Å².